The van der Waals surface area contributed by atoms with Crippen LogP contribution in [0.3, 0.4) is 0 Å². The van der Waals surface area contributed by atoms with Gasteiger partial charge in [-0.3, -0.25) is 5.41 Å². The molecule has 0 bridgehead atoms. The van der Waals surface area contributed by atoms with Gasteiger partial charge in [-0.2, -0.15) is 0 Å². The zero-order chi connectivity index (χ0) is 15.7. The van der Waals surface area contributed by atoms with Crippen molar-refractivity contribution in [3.8, 4) is 11.1 Å². The molecule has 22 heavy (non-hydrogen) atoms. The molecule has 5 heteroatoms. The average molecular weight is 310 g/mol. The number of nitrogens with two attached hydrogens (primary N) is 1. The third-order valence-corrected chi connectivity index (χ3v) is 4.55. The first-order valence-corrected chi connectivity index (χ1v) is 7.47. The molecular formula is C17H14N2O2S. The summed E-state index contributed by atoms with van der Waals surface area (Å²) in [7, 11) is 1.37. The summed E-state index contributed by atoms with van der Waals surface area (Å²) in [6.07, 6.45) is 0. The second-order valence-corrected chi connectivity index (χ2v) is 5.93. The van der Waals surface area contributed by atoms with Gasteiger partial charge >= 0.3 is 5.97 Å². The maximum atomic E-state index is 11.6. The number of rotatable bonds is 3. The SMILES string of the molecule is COC(=O)c1cccc(-c2ccc3sc(C(=N)N)cc3c2)c1. The highest BCUT2D eigenvalue weighted by Crippen LogP contribution is 2.30. The zero-order valence-electron chi connectivity index (χ0n) is 11.9. The van der Waals surface area contributed by atoms with E-state index < -0.39 is 0 Å². The Morgan fingerprint density at radius 3 is 2.64 bits per heavy atom. The van der Waals surface area contributed by atoms with Gasteiger partial charge in [0, 0.05) is 4.70 Å². The van der Waals surface area contributed by atoms with Crippen LogP contribution in [0.25, 0.3) is 21.2 Å². The second kappa shape index (κ2) is 5.61. The second-order valence-electron chi connectivity index (χ2n) is 4.85. The van der Waals surface area contributed by atoms with Crippen LogP contribution < -0.4 is 5.73 Å². The molecule has 0 saturated carbocycles. The van der Waals surface area contributed by atoms with Crippen LogP contribution in [0.2, 0.25) is 0 Å². The summed E-state index contributed by atoms with van der Waals surface area (Å²) in [6, 6.07) is 15.3. The van der Waals surface area contributed by atoms with Crippen molar-refractivity contribution in [2.24, 2.45) is 5.73 Å². The number of nitrogen functional groups attached to an aromatic ring is 1. The normalized spacial score (nSPS) is 10.6. The van der Waals surface area contributed by atoms with Crippen molar-refractivity contribution < 1.29 is 9.53 Å². The van der Waals surface area contributed by atoms with E-state index in [1.54, 1.807) is 6.07 Å². The van der Waals surface area contributed by atoms with Gasteiger partial charge in [-0.05, 0) is 46.8 Å². The molecule has 0 aliphatic heterocycles. The molecule has 0 spiro atoms. The number of nitrogens with one attached hydrogen (secondary N) is 1. The Morgan fingerprint density at radius 2 is 1.91 bits per heavy atom. The van der Waals surface area contributed by atoms with Crippen molar-refractivity contribution in [1.29, 1.82) is 5.41 Å². The first-order chi connectivity index (χ1) is 10.6. The Kier molecular flexibility index (Phi) is 3.65. The van der Waals surface area contributed by atoms with Crippen LogP contribution in [0.15, 0.2) is 48.5 Å². The summed E-state index contributed by atoms with van der Waals surface area (Å²) >= 11 is 1.50. The fourth-order valence-electron chi connectivity index (χ4n) is 2.30. The molecule has 1 heterocycles. The van der Waals surface area contributed by atoms with E-state index in [1.807, 2.05) is 42.5 Å². The largest absolute Gasteiger partial charge is 0.465 e. The summed E-state index contributed by atoms with van der Waals surface area (Å²) in [5.74, 6) is -0.271. The van der Waals surface area contributed by atoms with Gasteiger partial charge in [0.2, 0.25) is 0 Å². The summed E-state index contributed by atoms with van der Waals surface area (Å²) < 4.78 is 5.83. The maximum Gasteiger partial charge on any atom is 0.337 e. The minimum absolute atomic E-state index is 0.0791. The van der Waals surface area contributed by atoms with Crippen molar-refractivity contribution in [2.45, 2.75) is 0 Å². The molecular weight excluding hydrogens is 296 g/mol. The first kappa shape index (κ1) is 14.3. The topological polar surface area (TPSA) is 76.2 Å². The van der Waals surface area contributed by atoms with E-state index in [0.29, 0.717) is 5.56 Å². The molecule has 3 N–H and O–H groups in total. The van der Waals surface area contributed by atoms with Gasteiger partial charge in [-0.15, -0.1) is 11.3 Å². The highest BCUT2D eigenvalue weighted by Gasteiger charge is 2.09. The minimum Gasteiger partial charge on any atom is -0.465 e. The monoisotopic (exact) mass is 310 g/mol. The van der Waals surface area contributed by atoms with E-state index in [9.17, 15) is 4.79 Å². The highest BCUT2D eigenvalue weighted by molar-refractivity contribution is 7.20. The van der Waals surface area contributed by atoms with Crippen LogP contribution in [0.4, 0.5) is 0 Å². The number of hydrogen-bond acceptors (Lipinski definition) is 4. The van der Waals surface area contributed by atoms with E-state index in [4.69, 9.17) is 15.9 Å². The predicted molar refractivity (Wildman–Crippen MR) is 89.6 cm³/mol. The van der Waals surface area contributed by atoms with E-state index in [0.717, 1.165) is 26.1 Å². The van der Waals surface area contributed by atoms with Crippen LogP contribution in [0.5, 0.6) is 0 Å². The molecule has 2 aromatic carbocycles. The number of hydrogen-bond donors (Lipinski definition) is 2. The Hall–Kier alpha value is -2.66. The maximum absolute atomic E-state index is 11.6. The standard InChI is InChI=1S/C17H14N2O2S/c1-21-17(20)12-4-2-3-10(7-12)11-5-6-14-13(8-11)9-15(22-14)16(18)19/h2-9H,1H3,(H3,18,19). The fourth-order valence-corrected chi connectivity index (χ4v) is 3.20. The molecule has 0 saturated heterocycles. The van der Waals surface area contributed by atoms with Gasteiger partial charge in [0.15, 0.2) is 0 Å². The summed E-state index contributed by atoms with van der Waals surface area (Å²) in [6.45, 7) is 0. The summed E-state index contributed by atoms with van der Waals surface area (Å²) in [5, 5.41) is 8.56. The number of ether oxygens (including phenoxy) is 1. The third kappa shape index (κ3) is 2.58. The lowest BCUT2D eigenvalue weighted by Crippen LogP contribution is -2.08. The lowest BCUT2D eigenvalue weighted by molar-refractivity contribution is 0.0601. The number of esters is 1. The number of amidine groups is 1. The van der Waals surface area contributed by atoms with Crippen molar-refractivity contribution in [2.75, 3.05) is 7.11 Å². The van der Waals surface area contributed by atoms with Crippen LogP contribution in [-0.2, 0) is 4.74 Å². The predicted octanol–water partition coefficient (Wildman–Crippen LogP) is 3.64. The number of carbonyl (C=O) groups is 1. The molecule has 1 aromatic heterocycles. The molecule has 110 valence electrons. The van der Waals surface area contributed by atoms with Gasteiger partial charge < -0.3 is 10.5 Å². The molecule has 0 fully saturated rings. The zero-order valence-corrected chi connectivity index (χ0v) is 12.7. The van der Waals surface area contributed by atoms with Crippen molar-refractivity contribution >= 4 is 33.2 Å². The summed E-state index contributed by atoms with van der Waals surface area (Å²) in [5.41, 5.74) is 8.01. The van der Waals surface area contributed by atoms with E-state index in [-0.39, 0.29) is 11.8 Å². The quantitative estimate of drug-likeness (QED) is 0.440. The van der Waals surface area contributed by atoms with Gasteiger partial charge in [-0.25, -0.2) is 4.79 Å². The minimum atomic E-state index is -0.350. The number of thiophene rings is 1. The molecule has 0 amide bonds. The molecule has 0 radical (unpaired) electrons. The number of fused-ring (bicyclic) bond motifs is 1. The van der Waals surface area contributed by atoms with Crippen molar-refractivity contribution in [3.05, 3.63) is 59.0 Å². The molecule has 3 aromatic rings. The molecule has 0 aliphatic carbocycles. The van der Waals surface area contributed by atoms with Gasteiger partial charge in [0.1, 0.15) is 5.84 Å². The number of carbonyl (C=O) groups excluding carboxylic acids is 1. The molecule has 4 nitrogen and oxygen atoms in total. The van der Waals surface area contributed by atoms with Crippen molar-refractivity contribution in [3.63, 3.8) is 0 Å². The van der Waals surface area contributed by atoms with Gasteiger partial charge in [0.05, 0.1) is 17.6 Å². The Balaban J connectivity index is 2.06. The summed E-state index contributed by atoms with van der Waals surface area (Å²) in [4.78, 5) is 12.4. The fraction of sp³-hybridized carbons (Fsp3) is 0.0588. The molecule has 0 unspecified atom stereocenters. The van der Waals surface area contributed by atoms with Crippen molar-refractivity contribution in [1.82, 2.24) is 0 Å². The van der Waals surface area contributed by atoms with E-state index in [1.165, 1.54) is 18.4 Å². The molecule has 3 rings (SSSR count). The van der Waals surface area contributed by atoms with Crippen LogP contribution in [0.1, 0.15) is 15.2 Å². The third-order valence-electron chi connectivity index (χ3n) is 3.40. The Labute approximate surface area is 131 Å². The molecule has 0 atom stereocenters. The van der Waals surface area contributed by atoms with Gasteiger partial charge in [0.25, 0.3) is 0 Å². The van der Waals surface area contributed by atoms with Gasteiger partial charge in [-0.1, -0.05) is 18.2 Å². The smallest absolute Gasteiger partial charge is 0.337 e. The number of benzene rings is 2. The first-order valence-electron chi connectivity index (χ1n) is 6.65. The van der Waals surface area contributed by atoms with Crippen LogP contribution >= 0.6 is 11.3 Å². The lowest BCUT2D eigenvalue weighted by Gasteiger charge is -2.04. The average Bonchev–Trinajstić information content (AvgIpc) is 2.97. The highest BCUT2D eigenvalue weighted by atomic mass is 32.1. The van der Waals surface area contributed by atoms with Crippen LogP contribution in [-0.4, -0.2) is 18.9 Å². The Bertz CT molecular complexity index is 883. The number of methoxy groups -OCH3 is 1. The molecule has 0 aliphatic rings. The van der Waals surface area contributed by atoms with E-state index in [2.05, 4.69) is 0 Å². The van der Waals surface area contributed by atoms with E-state index >= 15 is 0 Å². The van der Waals surface area contributed by atoms with Crippen LogP contribution in [0, 0.1) is 5.41 Å². The Morgan fingerprint density at radius 1 is 1.14 bits per heavy atom. The lowest BCUT2D eigenvalue weighted by atomic mass is 10.0.